The van der Waals surface area contributed by atoms with Gasteiger partial charge in [0, 0.05) is 20.5 Å². The van der Waals surface area contributed by atoms with Crippen LogP contribution in [0.15, 0.2) is 38.5 Å². The van der Waals surface area contributed by atoms with Gasteiger partial charge < -0.3 is 14.9 Å². The van der Waals surface area contributed by atoms with Crippen LogP contribution in [0.5, 0.6) is 5.75 Å². The molecule has 0 amide bonds. The summed E-state index contributed by atoms with van der Waals surface area (Å²) in [5, 5.41) is 7.98. The van der Waals surface area contributed by atoms with Gasteiger partial charge in [-0.05, 0) is 70.8 Å². The maximum Gasteiger partial charge on any atom is 0.146 e. The highest BCUT2D eigenvalue weighted by atomic mass is 79.9. The molecule has 0 aliphatic carbocycles. The molecule has 8 heteroatoms. The van der Waals surface area contributed by atoms with Gasteiger partial charge in [0.15, 0.2) is 0 Å². The second-order valence-corrected chi connectivity index (χ2v) is 8.23. The minimum absolute atomic E-state index is 0.310. The number of pyridine rings is 1. The first-order chi connectivity index (χ1) is 11.7. The third-order valence-corrected chi connectivity index (χ3v) is 4.76. The van der Waals surface area contributed by atoms with E-state index in [4.69, 9.17) is 21.8 Å². The quantitative estimate of drug-likeness (QED) is 0.357. The van der Waals surface area contributed by atoms with E-state index in [1.807, 2.05) is 39.0 Å². The van der Waals surface area contributed by atoms with Crippen molar-refractivity contribution in [3.63, 3.8) is 0 Å². The fourth-order valence-electron chi connectivity index (χ4n) is 2.11. The first-order valence-corrected chi connectivity index (χ1v) is 9.52. The molecule has 1 heterocycles. The summed E-state index contributed by atoms with van der Waals surface area (Å²) in [5.41, 5.74) is 0.435. The number of nitrogens with zero attached hydrogens (tertiary/aromatic N) is 2. The third kappa shape index (κ3) is 5.62. The number of nitrogens with one attached hydrogen (secondary N) is 1. The zero-order valence-electron chi connectivity index (χ0n) is 14.3. The van der Waals surface area contributed by atoms with E-state index in [9.17, 15) is 0 Å². The van der Waals surface area contributed by atoms with Crippen molar-refractivity contribution in [3.05, 3.63) is 33.3 Å². The molecule has 5 nitrogen and oxygen atoms in total. The van der Waals surface area contributed by atoms with Crippen molar-refractivity contribution in [1.82, 2.24) is 10.3 Å². The summed E-state index contributed by atoms with van der Waals surface area (Å²) in [6, 6.07) is 5.82. The summed E-state index contributed by atoms with van der Waals surface area (Å²) in [4.78, 5) is 9.70. The predicted molar refractivity (Wildman–Crippen MR) is 113 cm³/mol. The number of oxime groups is 1. The van der Waals surface area contributed by atoms with E-state index in [1.165, 1.54) is 7.11 Å². The molecule has 1 atom stereocenters. The molecule has 1 aromatic heterocycles. The monoisotopic (exact) mass is 487 g/mol. The lowest BCUT2D eigenvalue weighted by molar-refractivity contribution is 0.212. The van der Waals surface area contributed by atoms with Crippen molar-refractivity contribution in [3.8, 4) is 5.75 Å². The lowest BCUT2D eigenvalue weighted by Gasteiger charge is -2.26. The summed E-state index contributed by atoms with van der Waals surface area (Å²) in [6.45, 7) is 5.80. The molecule has 0 radical (unpaired) electrons. The summed E-state index contributed by atoms with van der Waals surface area (Å²) >= 11 is 12.4. The van der Waals surface area contributed by atoms with Crippen LogP contribution in [0.4, 0.5) is 0 Å². The van der Waals surface area contributed by atoms with E-state index >= 15 is 0 Å². The Balaban J connectivity index is 2.14. The molecule has 0 bridgehead atoms. The van der Waals surface area contributed by atoms with E-state index in [2.05, 4.69) is 47.3 Å². The highest BCUT2D eigenvalue weighted by Crippen LogP contribution is 2.30. The average Bonchev–Trinajstić information content (AvgIpc) is 2.52. The van der Waals surface area contributed by atoms with E-state index in [0.29, 0.717) is 10.7 Å². The third-order valence-electron chi connectivity index (χ3n) is 3.29. The van der Waals surface area contributed by atoms with Crippen molar-refractivity contribution >= 4 is 66.2 Å². The normalized spacial score (nSPS) is 13.0. The zero-order valence-corrected chi connectivity index (χ0v) is 18.3. The summed E-state index contributed by atoms with van der Waals surface area (Å²) in [6.07, 6.45) is 3.11. The van der Waals surface area contributed by atoms with Gasteiger partial charge in [-0.3, -0.25) is 4.98 Å². The first-order valence-electron chi connectivity index (χ1n) is 7.53. The van der Waals surface area contributed by atoms with Gasteiger partial charge in [0.1, 0.15) is 24.0 Å². The number of aromatic nitrogens is 1. The summed E-state index contributed by atoms with van der Waals surface area (Å²) in [7, 11) is 1.50. The van der Waals surface area contributed by atoms with Crippen LogP contribution in [0.25, 0.3) is 10.9 Å². The van der Waals surface area contributed by atoms with Gasteiger partial charge in [-0.15, -0.1) is 0 Å². The van der Waals surface area contributed by atoms with Crippen LogP contribution in [0.2, 0.25) is 0 Å². The Morgan fingerprint density at radius 1 is 1.36 bits per heavy atom. The topological polar surface area (TPSA) is 55.7 Å². The van der Waals surface area contributed by atoms with Crippen molar-refractivity contribution in [1.29, 1.82) is 0 Å². The Kier molecular flexibility index (Phi) is 6.76. The van der Waals surface area contributed by atoms with E-state index in [1.54, 1.807) is 12.4 Å². The molecule has 0 aliphatic heterocycles. The lowest BCUT2D eigenvalue weighted by Crippen LogP contribution is -2.48. The number of thiocarbonyl (C=S) groups is 1. The zero-order chi connectivity index (χ0) is 18.6. The maximum atomic E-state index is 6.00. The number of halogens is 2. The molecular weight excluding hydrogens is 470 g/mol. The van der Waals surface area contributed by atoms with Gasteiger partial charge in [0.2, 0.25) is 0 Å². The highest BCUT2D eigenvalue weighted by Gasteiger charge is 2.21. The van der Waals surface area contributed by atoms with Gasteiger partial charge >= 0.3 is 0 Å². The molecule has 0 fully saturated rings. The van der Waals surface area contributed by atoms with Crippen LogP contribution >= 0.6 is 44.1 Å². The van der Waals surface area contributed by atoms with E-state index in [0.717, 1.165) is 19.8 Å². The standard InChI is InChI=1S/C17H19Br2N3O2S/c1-10(16(25)22-17(2,3)9-21-23-4)24-13-6-11-5-12(18)8-20-15(11)14(19)7-13/h5-10H,1-4H3,(H,22,25). The summed E-state index contributed by atoms with van der Waals surface area (Å²) in [5.74, 6) is 0.708. The average molecular weight is 489 g/mol. The second kappa shape index (κ2) is 8.42. The molecule has 2 aromatic rings. The number of hydrogen-bond donors (Lipinski definition) is 1. The SMILES string of the molecule is CON=CC(C)(C)NC(=S)C(C)Oc1cc(Br)c2ncc(Br)cc2c1. The molecule has 0 aliphatic rings. The van der Waals surface area contributed by atoms with E-state index < -0.39 is 5.54 Å². The van der Waals surface area contributed by atoms with Crippen LogP contribution in [0.1, 0.15) is 20.8 Å². The fraction of sp³-hybridized carbons (Fsp3) is 0.353. The van der Waals surface area contributed by atoms with Crippen molar-refractivity contribution in [2.75, 3.05) is 7.11 Å². The van der Waals surface area contributed by atoms with Crippen LogP contribution in [-0.2, 0) is 4.84 Å². The highest BCUT2D eigenvalue weighted by molar-refractivity contribution is 9.11. The number of fused-ring (bicyclic) bond motifs is 1. The number of rotatable bonds is 6. The van der Waals surface area contributed by atoms with Crippen LogP contribution in [-0.4, -0.2) is 34.9 Å². The van der Waals surface area contributed by atoms with Crippen molar-refractivity contribution in [2.24, 2.45) is 5.16 Å². The molecule has 1 N–H and O–H groups in total. The Labute approximate surface area is 169 Å². The summed E-state index contributed by atoms with van der Waals surface area (Å²) < 4.78 is 7.78. The van der Waals surface area contributed by atoms with Gasteiger partial charge in [0.05, 0.1) is 17.3 Å². The minimum Gasteiger partial charge on any atom is -0.484 e. The van der Waals surface area contributed by atoms with Crippen molar-refractivity contribution < 1.29 is 9.57 Å². The smallest absolute Gasteiger partial charge is 0.146 e. The lowest BCUT2D eigenvalue weighted by atomic mass is 10.1. The molecule has 0 saturated heterocycles. The van der Waals surface area contributed by atoms with Gasteiger partial charge in [-0.25, -0.2) is 0 Å². The van der Waals surface area contributed by atoms with Gasteiger partial charge in [0.25, 0.3) is 0 Å². The maximum absolute atomic E-state index is 6.00. The van der Waals surface area contributed by atoms with Gasteiger partial charge in [-0.2, -0.15) is 0 Å². The number of benzene rings is 1. The Bertz CT molecular complexity index is 812. The minimum atomic E-state index is -0.441. The predicted octanol–water partition coefficient (Wildman–Crippen LogP) is 4.85. The number of ether oxygens (including phenoxy) is 1. The Morgan fingerprint density at radius 3 is 2.76 bits per heavy atom. The molecule has 134 valence electrons. The molecular formula is C17H19Br2N3O2S. The second-order valence-electron chi connectivity index (χ2n) is 6.02. The molecule has 1 aromatic carbocycles. The Morgan fingerprint density at radius 2 is 2.08 bits per heavy atom. The Hall–Kier alpha value is -1.25. The number of hydrogen-bond acceptors (Lipinski definition) is 5. The molecule has 25 heavy (non-hydrogen) atoms. The van der Waals surface area contributed by atoms with Crippen LogP contribution in [0, 0.1) is 0 Å². The molecule has 1 unspecified atom stereocenters. The molecule has 0 spiro atoms. The molecule has 0 saturated carbocycles. The van der Waals surface area contributed by atoms with Crippen LogP contribution in [0.3, 0.4) is 0 Å². The van der Waals surface area contributed by atoms with E-state index in [-0.39, 0.29) is 6.10 Å². The largest absolute Gasteiger partial charge is 0.484 e. The van der Waals surface area contributed by atoms with Gasteiger partial charge in [-0.1, -0.05) is 17.4 Å². The van der Waals surface area contributed by atoms with Crippen LogP contribution < -0.4 is 10.1 Å². The fourth-order valence-corrected chi connectivity index (χ4v) is 3.33. The molecule has 2 rings (SSSR count). The van der Waals surface area contributed by atoms with Crippen molar-refractivity contribution in [2.45, 2.75) is 32.4 Å². The first kappa shape index (κ1) is 20.1.